The quantitative estimate of drug-likeness (QED) is 0.391. The lowest BCUT2D eigenvalue weighted by Gasteiger charge is -2.07. The van der Waals surface area contributed by atoms with E-state index in [1.54, 1.807) is 6.08 Å². The Kier molecular flexibility index (Phi) is 6.96. The molecule has 132 valence electrons. The zero-order chi connectivity index (χ0) is 18.2. The molecule has 0 saturated heterocycles. The number of aromatic nitrogens is 2. The number of hydrogen-bond acceptors (Lipinski definition) is 6. The summed E-state index contributed by atoms with van der Waals surface area (Å²) in [7, 11) is 0. The highest BCUT2D eigenvalue weighted by Gasteiger charge is 2.10. The van der Waals surface area contributed by atoms with Crippen LogP contribution in [-0.2, 0) is 4.79 Å². The van der Waals surface area contributed by atoms with E-state index < -0.39 is 0 Å². The van der Waals surface area contributed by atoms with Crippen molar-refractivity contribution in [1.29, 1.82) is 0 Å². The molecule has 0 fully saturated rings. The van der Waals surface area contributed by atoms with E-state index in [-0.39, 0.29) is 17.7 Å². The maximum Gasteiger partial charge on any atom is 0.325 e. The molecule has 0 spiro atoms. The smallest absolute Gasteiger partial charge is 0.325 e. The van der Waals surface area contributed by atoms with Crippen LogP contribution < -0.4 is 16.0 Å². The number of nitrogens with one attached hydrogen (secondary N) is 3. The predicted molar refractivity (Wildman–Crippen MR) is 102 cm³/mol. The van der Waals surface area contributed by atoms with E-state index in [9.17, 15) is 9.59 Å². The SMILES string of the molecule is C=CCNC(=O)CSc1nnc(NC(=O)Nc2ccc(C)c(C)c2)s1. The molecular formula is C16H19N5O2S2. The third-order valence-corrected chi connectivity index (χ3v) is 5.13. The minimum Gasteiger partial charge on any atom is -0.352 e. The first kappa shape index (κ1) is 18.9. The van der Waals surface area contributed by atoms with Crippen LogP contribution in [0.3, 0.4) is 0 Å². The summed E-state index contributed by atoms with van der Waals surface area (Å²) in [6.45, 7) is 7.96. The summed E-state index contributed by atoms with van der Waals surface area (Å²) in [5.74, 6) is 0.124. The van der Waals surface area contributed by atoms with Crippen LogP contribution in [0.15, 0.2) is 35.2 Å². The number of anilines is 2. The van der Waals surface area contributed by atoms with Crippen LogP contribution in [0, 0.1) is 13.8 Å². The van der Waals surface area contributed by atoms with Crippen LogP contribution in [0.2, 0.25) is 0 Å². The molecule has 0 aliphatic rings. The maximum atomic E-state index is 12.0. The topological polar surface area (TPSA) is 96.0 Å². The normalized spacial score (nSPS) is 10.2. The van der Waals surface area contributed by atoms with Crippen LogP contribution >= 0.6 is 23.1 Å². The summed E-state index contributed by atoms with van der Waals surface area (Å²) < 4.78 is 0.607. The van der Waals surface area contributed by atoms with Gasteiger partial charge >= 0.3 is 6.03 Å². The van der Waals surface area contributed by atoms with Gasteiger partial charge in [-0.3, -0.25) is 10.1 Å². The van der Waals surface area contributed by atoms with Crippen molar-refractivity contribution in [3.8, 4) is 0 Å². The molecule has 25 heavy (non-hydrogen) atoms. The van der Waals surface area contributed by atoms with Crippen molar-refractivity contribution in [2.75, 3.05) is 22.9 Å². The van der Waals surface area contributed by atoms with Crippen molar-refractivity contribution >= 4 is 45.9 Å². The number of nitrogens with zero attached hydrogens (tertiary/aromatic N) is 2. The number of aryl methyl sites for hydroxylation is 2. The number of carbonyl (C=O) groups is 2. The average Bonchev–Trinajstić information content (AvgIpc) is 3.01. The van der Waals surface area contributed by atoms with Crippen LogP contribution in [-0.4, -0.2) is 34.4 Å². The molecule has 0 unspecified atom stereocenters. The number of hydrogen-bond donors (Lipinski definition) is 3. The molecule has 0 aliphatic heterocycles. The van der Waals surface area contributed by atoms with Crippen LogP contribution in [0.4, 0.5) is 15.6 Å². The monoisotopic (exact) mass is 377 g/mol. The lowest BCUT2D eigenvalue weighted by atomic mass is 10.1. The molecule has 1 heterocycles. The molecule has 1 aromatic heterocycles. The van der Waals surface area contributed by atoms with Gasteiger partial charge in [0, 0.05) is 12.2 Å². The average molecular weight is 377 g/mol. The van der Waals surface area contributed by atoms with E-state index in [4.69, 9.17) is 0 Å². The summed E-state index contributed by atoms with van der Waals surface area (Å²) >= 11 is 2.47. The summed E-state index contributed by atoms with van der Waals surface area (Å²) in [4.78, 5) is 23.5. The first-order valence-corrected chi connectivity index (χ1v) is 9.27. The van der Waals surface area contributed by atoms with Gasteiger partial charge in [0.1, 0.15) is 0 Å². The van der Waals surface area contributed by atoms with Crippen molar-refractivity contribution < 1.29 is 9.59 Å². The minimum absolute atomic E-state index is 0.109. The van der Waals surface area contributed by atoms with Crippen molar-refractivity contribution in [3.05, 3.63) is 42.0 Å². The second-order valence-corrected chi connectivity index (χ2v) is 7.33. The zero-order valence-corrected chi connectivity index (χ0v) is 15.6. The van der Waals surface area contributed by atoms with Gasteiger partial charge in [0.05, 0.1) is 5.75 Å². The molecule has 0 atom stereocenters. The summed E-state index contributed by atoms with van der Waals surface area (Å²) in [6, 6.07) is 5.30. The van der Waals surface area contributed by atoms with E-state index in [0.29, 0.717) is 21.7 Å². The number of urea groups is 1. The van der Waals surface area contributed by atoms with Crippen LogP contribution in [0.5, 0.6) is 0 Å². The van der Waals surface area contributed by atoms with Crippen molar-refractivity contribution in [2.45, 2.75) is 18.2 Å². The molecule has 9 heteroatoms. The lowest BCUT2D eigenvalue weighted by Crippen LogP contribution is -2.24. The van der Waals surface area contributed by atoms with Gasteiger partial charge in [-0.25, -0.2) is 4.79 Å². The minimum atomic E-state index is -0.389. The van der Waals surface area contributed by atoms with E-state index in [2.05, 4.69) is 32.7 Å². The Balaban J connectivity index is 1.83. The first-order valence-electron chi connectivity index (χ1n) is 7.47. The van der Waals surface area contributed by atoms with E-state index in [1.165, 1.54) is 23.1 Å². The van der Waals surface area contributed by atoms with Gasteiger partial charge in [0.25, 0.3) is 0 Å². The highest BCUT2D eigenvalue weighted by Crippen LogP contribution is 2.25. The highest BCUT2D eigenvalue weighted by atomic mass is 32.2. The fourth-order valence-corrected chi connectivity index (χ4v) is 3.34. The van der Waals surface area contributed by atoms with Crippen molar-refractivity contribution in [2.24, 2.45) is 0 Å². The Hall–Kier alpha value is -2.39. The Bertz CT molecular complexity index is 776. The van der Waals surface area contributed by atoms with Gasteiger partial charge in [-0.15, -0.1) is 16.8 Å². The van der Waals surface area contributed by atoms with Gasteiger partial charge in [0.15, 0.2) is 4.34 Å². The van der Waals surface area contributed by atoms with E-state index >= 15 is 0 Å². The molecule has 1 aromatic carbocycles. The number of thioether (sulfide) groups is 1. The molecule has 0 bridgehead atoms. The molecule has 3 N–H and O–H groups in total. The zero-order valence-electron chi connectivity index (χ0n) is 14.0. The van der Waals surface area contributed by atoms with Crippen molar-refractivity contribution in [3.63, 3.8) is 0 Å². The molecule has 0 saturated carbocycles. The lowest BCUT2D eigenvalue weighted by molar-refractivity contribution is -0.118. The fraction of sp³-hybridized carbons (Fsp3) is 0.250. The van der Waals surface area contributed by atoms with Gasteiger partial charge in [-0.05, 0) is 37.1 Å². The van der Waals surface area contributed by atoms with Gasteiger partial charge < -0.3 is 10.6 Å². The molecule has 0 aliphatic carbocycles. The molecule has 3 amide bonds. The summed E-state index contributed by atoms with van der Waals surface area (Å²) in [6.07, 6.45) is 1.61. The maximum absolute atomic E-state index is 12.0. The first-order chi connectivity index (χ1) is 12.0. The number of benzene rings is 1. The molecule has 0 radical (unpaired) electrons. The predicted octanol–water partition coefficient (Wildman–Crippen LogP) is 3.19. The van der Waals surface area contributed by atoms with Gasteiger partial charge in [0.2, 0.25) is 11.0 Å². The van der Waals surface area contributed by atoms with Crippen molar-refractivity contribution in [1.82, 2.24) is 15.5 Å². The Morgan fingerprint density at radius 3 is 2.76 bits per heavy atom. The molecule has 7 nitrogen and oxygen atoms in total. The Morgan fingerprint density at radius 2 is 2.04 bits per heavy atom. The van der Waals surface area contributed by atoms with E-state index in [1.807, 2.05) is 32.0 Å². The number of carbonyl (C=O) groups excluding carboxylic acids is 2. The van der Waals surface area contributed by atoms with E-state index in [0.717, 1.165) is 11.1 Å². The third kappa shape index (κ3) is 6.20. The summed E-state index contributed by atoms with van der Waals surface area (Å²) in [5.41, 5.74) is 2.97. The van der Waals surface area contributed by atoms with Crippen LogP contribution in [0.25, 0.3) is 0 Å². The highest BCUT2D eigenvalue weighted by molar-refractivity contribution is 8.01. The van der Waals surface area contributed by atoms with Gasteiger partial charge in [-0.2, -0.15) is 0 Å². The molecule has 2 rings (SSSR count). The standard InChI is InChI=1S/C16H19N5O2S2/c1-4-7-17-13(22)9-24-16-21-20-15(25-16)19-14(23)18-12-6-5-10(2)11(3)8-12/h4-6,8H,1,7,9H2,2-3H3,(H,17,22)(H2,18,19,20,23). The van der Waals surface area contributed by atoms with Crippen LogP contribution in [0.1, 0.15) is 11.1 Å². The molecular weight excluding hydrogens is 358 g/mol. The second-order valence-electron chi connectivity index (χ2n) is 5.13. The second kappa shape index (κ2) is 9.19. The number of amides is 3. The van der Waals surface area contributed by atoms with Gasteiger partial charge in [-0.1, -0.05) is 35.2 Å². The summed E-state index contributed by atoms with van der Waals surface area (Å²) in [5, 5.41) is 16.3. The molecule has 2 aromatic rings. The fourth-order valence-electron chi connectivity index (χ4n) is 1.76. The third-order valence-electron chi connectivity index (χ3n) is 3.16. The number of rotatable bonds is 7. The Labute approximate surface area is 154 Å². The Morgan fingerprint density at radius 1 is 1.24 bits per heavy atom. The largest absolute Gasteiger partial charge is 0.352 e.